The first-order valence-corrected chi connectivity index (χ1v) is 11.8. The van der Waals surface area contributed by atoms with Gasteiger partial charge < -0.3 is 4.90 Å². The molecule has 1 saturated heterocycles. The number of carbonyl (C=O) groups is 1. The van der Waals surface area contributed by atoms with Crippen molar-refractivity contribution < 1.29 is 13.2 Å². The SMILES string of the molecule is O=C(c1ccc(Cl)cc1Cl)N(Cc1cccc2ccccc12)C1CCS(=O)(=O)C1. The van der Waals surface area contributed by atoms with Crippen molar-refractivity contribution in [3.8, 4) is 0 Å². The van der Waals surface area contributed by atoms with Crippen molar-refractivity contribution in [1.29, 1.82) is 0 Å². The number of benzene rings is 3. The molecule has 1 aliphatic heterocycles. The summed E-state index contributed by atoms with van der Waals surface area (Å²) in [5.74, 6) is -0.234. The summed E-state index contributed by atoms with van der Waals surface area (Å²) in [5.41, 5.74) is 1.28. The van der Waals surface area contributed by atoms with Gasteiger partial charge in [-0.3, -0.25) is 4.79 Å². The van der Waals surface area contributed by atoms with E-state index in [1.54, 1.807) is 17.0 Å². The zero-order valence-corrected chi connectivity index (χ0v) is 17.8. The standard InChI is InChI=1S/C22H19Cl2NO3S/c23-17-8-9-20(21(24)12-17)22(26)25(18-10-11-29(27,28)14-18)13-16-6-3-5-15-4-1-2-7-19(15)16/h1-9,12,18H,10-11,13-14H2. The fourth-order valence-corrected chi connectivity index (χ4v) is 6.04. The van der Waals surface area contributed by atoms with E-state index in [4.69, 9.17) is 23.2 Å². The molecule has 7 heteroatoms. The Balaban J connectivity index is 1.75. The van der Waals surface area contributed by atoms with Gasteiger partial charge in [-0.1, -0.05) is 65.7 Å². The van der Waals surface area contributed by atoms with Crippen molar-refractivity contribution >= 4 is 49.7 Å². The maximum absolute atomic E-state index is 13.4. The minimum Gasteiger partial charge on any atom is -0.330 e. The van der Waals surface area contributed by atoms with E-state index >= 15 is 0 Å². The van der Waals surface area contributed by atoms with Crippen LogP contribution < -0.4 is 0 Å². The number of carbonyl (C=O) groups excluding carboxylic acids is 1. The van der Waals surface area contributed by atoms with Crippen LogP contribution in [0, 0.1) is 0 Å². The number of sulfone groups is 1. The lowest BCUT2D eigenvalue weighted by atomic mass is 10.0. The molecule has 1 heterocycles. The van der Waals surface area contributed by atoms with Crippen LogP contribution in [0.4, 0.5) is 0 Å². The molecule has 150 valence electrons. The molecule has 3 aromatic rings. The molecule has 1 atom stereocenters. The molecular formula is C22H19Cl2NO3S. The largest absolute Gasteiger partial charge is 0.330 e. The van der Waals surface area contributed by atoms with Gasteiger partial charge in [0.05, 0.1) is 22.1 Å². The molecule has 0 radical (unpaired) electrons. The van der Waals surface area contributed by atoms with Gasteiger partial charge in [-0.25, -0.2) is 8.42 Å². The van der Waals surface area contributed by atoms with E-state index in [-0.39, 0.29) is 22.4 Å². The molecule has 0 aliphatic carbocycles. The summed E-state index contributed by atoms with van der Waals surface area (Å²) in [6.07, 6.45) is 0.421. The highest BCUT2D eigenvalue weighted by molar-refractivity contribution is 7.91. The predicted octanol–water partition coefficient (Wildman–Crippen LogP) is 4.98. The Morgan fingerprint density at radius 3 is 2.52 bits per heavy atom. The van der Waals surface area contributed by atoms with Crippen molar-refractivity contribution in [2.45, 2.75) is 19.0 Å². The first-order chi connectivity index (χ1) is 13.8. The van der Waals surface area contributed by atoms with E-state index in [1.165, 1.54) is 6.07 Å². The summed E-state index contributed by atoms with van der Waals surface area (Å²) in [6, 6.07) is 18.2. The molecule has 0 N–H and O–H groups in total. The van der Waals surface area contributed by atoms with E-state index in [1.807, 2.05) is 42.5 Å². The molecule has 0 spiro atoms. The van der Waals surface area contributed by atoms with Gasteiger partial charge in [0.25, 0.3) is 5.91 Å². The lowest BCUT2D eigenvalue weighted by molar-refractivity contribution is 0.0682. The van der Waals surface area contributed by atoms with Crippen LogP contribution in [0.2, 0.25) is 10.0 Å². The van der Waals surface area contributed by atoms with Gasteiger partial charge >= 0.3 is 0 Å². The van der Waals surface area contributed by atoms with Gasteiger partial charge in [0, 0.05) is 17.6 Å². The van der Waals surface area contributed by atoms with Gasteiger partial charge in [-0.05, 0) is 41.0 Å². The van der Waals surface area contributed by atoms with Crippen LogP contribution in [-0.2, 0) is 16.4 Å². The molecule has 1 aliphatic rings. The monoisotopic (exact) mass is 447 g/mol. The van der Waals surface area contributed by atoms with Crippen molar-refractivity contribution in [3.05, 3.63) is 81.8 Å². The second-order valence-electron chi connectivity index (χ2n) is 7.25. The Bertz CT molecular complexity index is 1190. The van der Waals surface area contributed by atoms with E-state index in [2.05, 4.69) is 0 Å². The number of amides is 1. The van der Waals surface area contributed by atoms with Crippen molar-refractivity contribution in [3.63, 3.8) is 0 Å². The van der Waals surface area contributed by atoms with E-state index in [9.17, 15) is 13.2 Å². The van der Waals surface area contributed by atoms with Gasteiger partial charge in [0.15, 0.2) is 9.84 Å². The fourth-order valence-electron chi connectivity index (χ4n) is 3.82. The molecule has 0 bridgehead atoms. The van der Waals surface area contributed by atoms with Gasteiger partial charge in [-0.2, -0.15) is 0 Å². The van der Waals surface area contributed by atoms with Crippen molar-refractivity contribution in [2.75, 3.05) is 11.5 Å². The Kier molecular flexibility index (Phi) is 5.56. The summed E-state index contributed by atoms with van der Waals surface area (Å²) in [4.78, 5) is 15.1. The third kappa shape index (κ3) is 4.27. The van der Waals surface area contributed by atoms with Crippen molar-refractivity contribution in [1.82, 2.24) is 4.90 Å². The highest BCUT2D eigenvalue weighted by atomic mass is 35.5. The van der Waals surface area contributed by atoms with Gasteiger partial charge in [-0.15, -0.1) is 0 Å². The molecule has 1 amide bonds. The third-order valence-corrected chi connectivity index (χ3v) is 7.59. The number of hydrogen-bond donors (Lipinski definition) is 0. The smallest absolute Gasteiger partial charge is 0.255 e. The molecule has 4 nitrogen and oxygen atoms in total. The average molecular weight is 448 g/mol. The third-order valence-electron chi connectivity index (χ3n) is 5.29. The number of nitrogens with zero attached hydrogens (tertiary/aromatic N) is 1. The normalized spacial score (nSPS) is 18.1. The number of hydrogen-bond acceptors (Lipinski definition) is 3. The lowest BCUT2D eigenvalue weighted by Crippen LogP contribution is -2.40. The van der Waals surface area contributed by atoms with E-state index in [0.717, 1.165) is 16.3 Å². The molecule has 3 aromatic carbocycles. The number of rotatable bonds is 4. The zero-order valence-electron chi connectivity index (χ0n) is 15.5. The van der Waals surface area contributed by atoms with Gasteiger partial charge in [0.1, 0.15) is 0 Å². The number of halogens is 2. The Hall–Kier alpha value is -2.08. The summed E-state index contributed by atoms with van der Waals surface area (Å²) in [6.45, 7) is 0.305. The first kappa shape index (κ1) is 20.2. The molecule has 1 unspecified atom stereocenters. The van der Waals surface area contributed by atoms with E-state index < -0.39 is 15.9 Å². The topological polar surface area (TPSA) is 54.5 Å². The highest BCUT2D eigenvalue weighted by Crippen LogP contribution is 2.28. The molecule has 29 heavy (non-hydrogen) atoms. The summed E-state index contributed by atoms with van der Waals surface area (Å²) < 4.78 is 24.2. The fraction of sp³-hybridized carbons (Fsp3) is 0.227. The zero-order chi connectivity index (χ0) is 20.6. The molecule has 0 aromatic heterocycles. The maximum Gasteiger partial charge on any atom is 0.255 e. The minimum absolute atomic E-state index is 0.0330. The van der Waals surface area contributed by atoms with Crippen LogP contribution in [0.25, 0.3) is 10.8 Å². The van der Waals surface area contributed by atoms with Crippen LogP contribution in [-0.4, -0.2) is 36.8 Å². The molecule has 4 rings (SSSR count). The quantitative estimate of drug-likeness (QED) is 0.566. The molecule has 0 saturated carbocycles. The second-order valence-corrected chi connectivity index (χ2v) is 10.3. The van der Waals surface area contributed by atoms with Gasteiger partial charge in [0.2, 0.25) is 0 Å². The van der Waals surface area contributed by atoms with Crippen LogP contribution in [0.15, 0.2) is 60.7 Å². The summed E-state index contributed by atoms with van der Waals surface area (Å²) >= 11 is 12.3. The second kappa shape index (κ2) is 7.98. The Morgan fingerprint density at radius 2 is 1.79 bits per heavy atom. The highest BCUT2D eigenvalue weighted by Gasteiger charge is 2.35. The maximum atomic E-state index is 13.4. The van der Waals surface area contributed by atoms with Crippen LogP contribution in [0.1, 0.15) is 22.3 Å². The Labute approximate surface area is 180 Å². The molecule has 1 fully saturated rings. The average Bonchev–Trinajstić information content (AvgIpc) is 3.05. The minimum atomic E-state index is -3.16. The Morgan fingerprint density at radius 1 is 1.03 bits per heavy atom. The predicted molar refractivity (Wildman–Crippen MR) is 117 cm³/mol. The van der Waals surface area contributed by atoms with Crippen LogP contribution in [0.3, 0.4) is 0 Å². The number of fused-ring (bicyclic) bond motifs is 1. The lowest BCUT2D eigenvalue weighted by Gasteiger charge is -2.29. The summed E-state index contributed by atoms with van der Waals surface area (Å²) in [7, 11) is -3.16. The van der Waals surface area contributed by atoms with E-state index in [0.29, 0.717) is 23.6 Å². The van der Waals surface area contributed by atoms with Crippen LogP contribution in [0.5, 0.6) is 0 Å². The molecular weight excluding hydrogens is 429 g/mol. The first-order valence-electron chi connectivity index (χ1n) is 9.27. The summed E-state index contributed by atoms with van der Waals surface area (Å²) in [5, 5.41) is 2.80. The van der Waals surface area contributed by atoms with Crippen molar-refractivity contribution in [2.24, 2.45) is 0 Å². The van der Waals surface area contributed by atoms with Crippen LogP contribution >= 0.6 is 23.2 Å².